The summed E-state index contributed by atoms with van der Waals surface area (Å²) in [4.78, 5) is 0. The summed E-state index contributed by atoms with van der Waals surface area (Å²) < 4.78 is 10.4. The molecule has 12 heavy (non-hydrogen) atoms. The Balaban J connectivity index is 2.52. The van der Waals surface area contributed by atoms with Gasteiger partial charge >= 0.3 is 0 Å². The highest BCUT2D eigenvalue weighted by atomic mass is 16.7. The maximum Gasteiger partial charge on any atom is 0.159 e. The summed E-state index contributed by atoms with van der Waals surface area (Å²) in [5.74, 6) is 0. The third kappa shape index (κ3) is 1.95. The highest BCUT2D eigenvalue weighted by Crippen LogP contribution is 2.19. The minimum absolute atomic E-state index is 0.0682. The Morgan fingerprint density at radius 1 is 1.58 bits per heavy atom. The fraction of sp³-hybridized carbons (Fsp3) is 1.00. The van der Waals surface area contributed by atoms with Gasteiger partial charge in [0.25, 0.3) is 0 Å². The number of hydrogen-bond acceptors (Lipinski definition) is 4. The van der Waals surface area contributed by atoms with Gasteiger partial charge < -0.3 is 19.9 Å². The number of aliphatic hydroxyl groups excluding tert-OH is 1. The predicted octanol–water partition coefficient (Wildman–Crippen LogP) is -0.283. The largest absolute Gasteiger partial charge is 0.389 e. The lowest BCUT2D eigenvalue weighted by Crippen LogP contribution is -2.52. The van der Waals surface area contributed by atoms with Gasteiger partial charge in [-0.2, -0.15) is 0 Å². The van der Waals surface area contributed by atoms with Crippen LogP contribution in [0.15, 0.2) is 0 Å². The second kappa shape index (κ2) is 4.18. The lowest BCUT2D eigenvalue weighted by atomic mass is 10.00. The standard InChI is InChI=1S/C8H17NO3/c1-5-8(10)6(9-2)4-7(11-3)12-5/h5-10H,4H2,1-3H3/t5-,6-,7+,8-/m1/s1. The van der Waals surface area contributed by atoms with Crippen molar-refractivity contribution in [3.05, 3.63) is 0 Å². The van der Waals surface area contributed by atoms with E-state index in [0.717, 1.165) is 0 Å². The molecule has 4 atom stereocenters. The fourth-order valence-corrected chi connectivity index (χ4v) is 1.49. The fourth-order valence-electron chi connectivity index (χ4n) is 1.49. The van der Waals surface area contributed by atoms with Crippen LogP contribution in [-0.2, 0) is 9.47 Å². The number of hydrogen-bond donors (Lipinski definition) is 2. The van der Waals surface area contributed by atoms with Crippen LogP contribution in [-0.4, -0.2) is 43.8 Å². The topological polar surface area (TPSA) is 50.7 Å². The summed E-state index contributed by atoms with van der Waals surface area (Å²) >= 11 is 0. The third-order valence-electron chi connectivity index (χ3n) is 2.34. The molecule has 0 aromatic heterocycles. The smallest absolute Gasteiger partial charge is 0.159 e. The highest BCUT2D eigenvalue weighted by Gasteiger charge is 2.34. The lowest BCUT2D eigenvalue weighted by Gasteiger charge is -2.36. The van der Waals surface area contributed by atoms with Gasteiger partial charge in [0.15, 0.2) is 6.29 Å². The molecule has 0 bridgehead atoms. The van der Waals surface area contributed by atoms with Crippen LogP contribution in [0.3, 0.4) is 0 Å². The van der Waals surface area contributed by atoms with Crippen molar-refractivity contribution in [3.63, 3.8) is 0 Å². The lowest BCUT2D eigenvalue weighted by molar-refractivity contribution is -0.214. The molecule has 1 aliphatic heterocycles. The van der Waals surface area contributed by atoms with Gasteiger partial charge in [0.2, 0.25) is 0 Å². The molecule has 0 aromatic carbocycles. The molecule has 0 spiro atoms. The molecule has 1 aliphatic rings. The summed E-state index contributed by atoms with van der Waals surface area (Å²) in [7, 11) is 3.44. The first-order valence-electron chi connectivity index (χ1n) is 4.22. The molecular formula is C8H17NO3. The van der Waals surface area contributed by atoms with Crippen LogP contribution < -0.4 is 5.32 Å². The van der Waals surface area contributed by atoms with Crippen molar-refractivity contribution in [1.29, 1.82) is 0 Å². The average molecular weight is 175 g/mol. The molecule has 72 valence electrons. The zero-order valence-electron chi connectivity index (χ0n) is 7.78. The van der Waals surface area contributed by atoms with Gasteiger partial charge in [0, 0.05) is 19.6 Å². The van der Waals surface area contributed by atoms with Crippen molar-refractivity contribution < 1.29 is 14.6 Å². The summed E-state index contributed by atoms with van der Waals surface area (Å²) in [6, 6.07) is 0.0682. The molecule has 0 aromatic rings. The maximum atomic E-state index is 9.61. The van der Waals surface area contributed by atoms with Crippen LogP contribution in [0, 0.1) is 0 Å². The highest BCUT2D eigenvalue weighted by molar-refractivity contribution is 4.84. The normalized spacial score (nSPS) is 43.0. The van der Waals surface area contributed by atoms with Crippen LogP contribution >= 0.6 is 0 Å². The van der Waals surface area contributed by atoms with E-state index in [9.17, 15) is 5.11 Å². The number of methoxy groups -OCH3 is 1. The van der Waals surface area contributed by atoms with Gasteiger partial charge in [-0.05, 0) is 14.0 Å². The quantitative estimate of drug-likeness (QED) is 0.606. The van der Waals surface area contributed by atoms with E-state index in [0.29, 0.717) is 6.42 Å². The van der Waals surface area contributed by atoms with Crippen molar-refractivity contribution in [2.75, 3.05) is 14.2 Å². The van der Waals surface area contributed by atoms with Gasteiger partial charge in [-0.25, -0.2) is 0 Å². The summed E-state index contributed by atoms with van der Waals surface area (Å²) in [5, 5.41) is 12.6. The molecule has 0 amide bonds. The summed E-state index contributed by atoms with van der Waals surface area (Å²) in [6.45, 7) is 1.85. The van der Waals surface area contributed by atoms with Gasteiger partial charge in [-0.3, -0.25) is 0 Å². The number of nitrogens with one attached hydrogen (secondary N) is 1. The molecule has 0 aliphatic carbocycles. The van der Waals surface area contributed by atoms with Crippen LogP contribution in [0.4, 0.5) is 0 Å². The van der Waals surface area contributed by atoms with E-state index < -0.39 is 6.10 Å². The van der Waals surface area contributed by atoms with Crippen LogP contribution in [0.25, 0.3) is 0 Å². The van der Waals surface area contributed by atoms with Crippen molar-refractivity contribution >= 4 is 0 Å². The van der Waals surface area contributed by atoms with Gasteiger partial charge in [0.05, 0.1) is 12.2 Å². The molecule has 2 N–H and O–H groups in total. The minimum Gasteiger partial charge on any atom is -0.389 e. The molecule has 1 saturated heterocycles. The summed E-state index contributed by atoms with van der Waals surface area (Å²) in [5.41, 5.74) is 0. The van der Waals surface area contributed by atoms with E-state index in [1.54, 1.807) is 7.11 Å². The second-order valence-corrected chi connectivity index (χ2v) is 3.13. The average Bonchev–Trinajstić information content (AvgIpc) is 2.09. The number of aliphatic hydroxyl groups is 1. The SMILES string of the molecule is CN[C@@H]1C[C@@H](OC)O[C@H](C)[C@H]1O. The van der Waals surface area contributed by atoms with Crippen LogP contribution in [0.5, 0.6) is 0 Å². The zero-order valence-corrected chi connectivity index (χ0v) is 7.78. The predicted molar refractivity (Wildman–Crippen MR) is 44.8 cm³/mol. The Kier molecular flexibility index (Phi) is 3.46. The molecule has 0 saturated carbocycles. The summed E-state index contributed by atoms with van der Waals surface area (Å²) in [6.07, 6.45) is -0.109. The molecule has 0 radical (unpaired) electrons. The van der Waals surface area contributed by atoms with Crippen molar-refractivity contribution in [1.82, 2.24) is 5.32 Å². The van der Waals surface area contributed by atoms with E-state index in [4.69, 9.17) is 9.47 Å². The Morgan fingerprint density at radius 3 is 2.75 bits per heavy atom. The Labute approximate surface area is 72.9 Å². The zero-order chi connectivity index (χ0) is 9.14. The van der Waals surface area contributed by atoms with Crippen LogP contribution in [0.2, 0.25) is 0 Å². The van der Waals surface area contributed by atoms with Crippen molar-refractivity contribution in [2.45, 2.75) is 37.9 Å². The number of ether oxygens (including phenoxy) is 2. The maximum absolute atomic E-state index is 9.61. The van der Waals surface area contributed by atoms with Crippen molar-refractivity contribution in [3.8, 4) is 0 Å². The molecule has 1 fully saturated rings. The molecule has 1 rings (SSSR count). The molecule has 4 nitrogen and oxygen atoms in total. The molecule has 0 unspecified atom stereocenters. The second-order valence-electron chi connectivity index (χ2n) is 3.13. The Bertz CT molecular complexity index is 142. The monoisotopic (exact) mass is 175 g/mol. The van der Waals surface area contributed by atoms with Gasteiger partial charge in [-0.15, -0.1) is 0 Å². The third-order valence-corrected chi connectivity index (χ3v) is 2.34. The Hall–Kier alpha value is -0.160. The molecule has 4 heteroatoms. The molecular weight excluding hydrogens is 158 g/mol. The van der Waals surface area contributed by atoms with E-state index in [2.05, 4.69) is 5.32 Å². The number of rotatable bonds is 2. The first-order chi connectivity index (χ1) is 5.69. The van der Waals surface area contributed by atoms with Crippen molar-refractivity contribution in [2.24, 2.45) is 0 Å². The molecule has 1 heterocycles. The van der Waals surface area contributed by atoms with Crippen LogP contribution in [0.1, 0.15) is 13.3 Å². The van der Waals surface area contributed by atoms with E-state index in [-0.39, 0.29) is 18.4 Å². The number of likely N-dealkylation sites (N-methyl/N-ethyl adjacent to an activating group) is 1. The van der Waals surface area contributed by atoms with Gasteiger partial charge in [-0.1, -0.05) is 0 Å². The van der Waals surface area contributed by atoms with E-state index >= 15 is 0 Å². The first-order valence-corrected chi connectivity index (χ1v) is 4.22. The first kappa shape index (κ1) is 9.92. The minimum atomic E-state index is -0.443. The van der Waals surface area contributed by atoms with E-state index in [1.807, 2.05) is 14.0 Å². The van der Waals surface area contributed by atoms with Gasteiger partial charge in [0.1, 0.15) is 0 Å². The van der Waals surface area contributed by atoms with E-state index in [1.165, 1.54) is 0 Å². The Morgan fingerprint density at radius 2 is 2.25 bits per heavy atom.